The molecule has 0 spiro atoms. The third-order valence-electron chi connectivity index (χ3n) is 10.2. The van der Waals surface area contributed by atoms with Crippen LogP contribution in [0.3, 0.4) is 0 Å². The molecule has 1 aromatic rings. The van der Waals surface area contributed by atoms with E-state index in [0.29, 0.717) is 68.7 Å². The highest BCUT2D eigenvalue weighted by molar-refractivity contribution is 8.00. The number of carbonyl (C=O) groups excluding carboxylic acids is 10. The molecule has 0 unspecified atom stereocenters. The number of carbonyl (C=O) groups is 10. The standard InChI is InChI=1S/C29H43N9O5S2.C10H13N3O4.C2H4O/c1-30-11-12-36(2)26(41)27(42)38-15-13-37(14-16-38)24(40)17-31-29(44)33-20-9-7-19(8-10-20)32-23(39)6-4-3-5-22-25-21(18-45-22)34-28(43)35-25;11-7(14)6-12-8(15)2-1-5-13-9(16)3-4-10(13)17;1-2-3/h7-10,21-22,25,30H,3-6,11-18H2,1-2H3,(H,32,39)(H2,31,33,44)(H2,34,35,43);3-4H,1-2,5-6H2,(H2,11,14)(H,12,15);2H,1H3/t21-,22-,25-;;/m0../s1/i1+1,2+1,11+1,12+1,13+1,14+1,15+1,16+1,30+1,36+1,37+1,38+1;6+1,7+1,12+1;1+1,2+1. The molecule has 1 aromatic carbocycles. The number of amides is 10. The van der Waals surface area contributed by atoms with Crippen LogP contribution >= 0.6 is 24.0 Å². The average Bonchev–Trinajstić information content (AvgIpc) is 3.95. The summed E-state index contributed by atoms with van der Waals surface area (Å²) >= 11 is 7.21. The number of urea groups is 1. The smallest absolute Gasteiger partial charge is 0.315 e. The normalized spacial score (nSPS) is 18.1. The predicted molar refractivity (Wildman–Crippen MR) is 247 cm³/mol. The van der Waals surface area contributed by atoms with Crippen LogP contribution in [0, 0.1) is 0 Å². The zero-order chi connectivity index (χ0) is 47.9. The van der Waals surface area contributed by atoms with Crippen molar-refractivity contribution in [3.63, 3.8) is 0 Å². The molecule has 24 heteroatoms. The summed E-state index contributed by atoms with van der Waals surface area (Å²) in [4.78, 5) is 120. The maximum absolute atomic E-state index is 12.7. The minimum atomic E-state index is -0.618. The minimum Gasteiger partial charge on any atom is -0.368 e. The van der Waals surface area contributed by atoms with Gasteiger partial charge >= 0.3 is 17.8 Å². The third kappa shape index (κ3) is 18.5. The summed E-state index contributed by atoms with van der Waals surface area (Å²) in [6.07, 6.45) is 6.71. The van der Waals surface area contributed by atoms with Gasteiger partial charge in [-0.3, -0.25) is 43.3 Å². The van der Waals surface area contributed by atoms with Gasteiger partial charge < -0.3 is 62.4 Å². The van der Waals surface area contributed by atoms with Crippen LogP contribution in [-0.4, -0.2) is 180 Å². The monoisotopic (exact) mass is 961 g/mol. The number of nitrogens with zero attached hydrogens (tertiary/aromatic N) is 4. The van der Waals surface area contributed by atoms with Gasteiger partial charge in [-0.2, -0.15) is 11.8 Å². The fourth-order valence-electron chi connectivity index (χ4n) is 6.74. The molecule has 0 aromatic heterocycles. The lowest BCUT2D eigenvalue weighted by atomic mass is 10.0. The first-order valence-corrected chi connectivity index (χ1v) is 22.6. The maximum Gasteiger partial charge on any atom is 0.315 e. The summed E-state index contributed by atoms with van der Waals surface area (Å²) in [5.74, 6) is -2.07. The molecule has 0 bridgehead atoms. The van der Waals surface area contributed by atoms with Gasteiger partial charge in [0.25, 0.3) is 11.8 Å². The summed E-state index contributed by atoms with van der Waals surface area (Å²) in [6, 6.07) is 7.46. The van der Waals surface area contributed by atoms with E-state index < -0.39 is 17.7 Å². The number of fused-ring (bicyclic) bond motifs is 1. The molecule has 4 heterocycles. The largest absolute Gasteiger partial charge is 0.368 e. The average molecular weight is 962 g/mol. The van der Waals surface area contributed by atoms with E-state index in [9.17, 15) is 43.2 Å². The zero-order valence-corrected chi connectivity index (χ0v) is 38.5. The molecular formula is C41H60N12O10S2. The molecule has 4 aliphatic heterocycles. The van der Waals surface area contributed by atoms with E-state index in [2.05, 4.69) is 37.2 Å². The van der Waals surface area contributed by atoms with Crippen LogP contribution in [0.15, 0.2) is 36.4 Å². The summed E-state index contributed by atoms with van der Waals surface area (Å²) in [7, 11) is 3.37. The lowest BCUT2D eigenvalue weighted by Crippen LogP contribution is -2.55. The Balaban J connectivity index is 0.000000467. The zero-order valence-electron chi connectivity index (χ0n) is 36.9. The number of thioether (sulfide) groups is 1. The van der Waals surface area contributed by atoms with Crippen molar-refractivity contribution in [2.75, 3.05) is 89.4 Å². The second kappa shape index (κ2) is 27.9. The number of imide groups is 1. The van der Waals surface area contributed by atoms with Crippen molar-refractivity contribution in [2.45, 2.75) is 62.8 Å². The molecule has 9 N–H and O–H groups in total. The predicted octanol–water partition coefficient (Wildman–Crippen LogP) is -1.52. The maximum atomic E-state index is 12.7. The molecular weight excluding hydrogens is 902 g/mol. The number of unbranched alkanes of at least 4 members (excludes halogenated alkanes) is 1. The Morgan fingerprint density at radius 1 is 0.862 bits per heavy atom. The van der Waals surface area contributed by atoms with Gasteiger partial charge in [0.2, 0.25) is 23.6 Å². The molecule has 3 fully saturated rings. The van der Waals surface area contributed by atoms with E-state index in [-0.39, 0.29) is 78.8 Å². The van der Waals surface area contributed by atoms with Gasteiger partial charge in [0, 0.05) is 100 Å². The Kier molecular flexibility index (Phi) is 22.8. The number of nitrogens with one attached hydrogen (secondary N) is 7. The van der Waals surface area contributed by atoms with Gasteiger partial charge in [-0.05, 0) is 69.7 Å². The number of anilines is 2. The van der Waals surface area contributed by atoms with Crippen LogP contribution in [0.4, 0.5) is 16.2 Å². The van der Waals surface area contributed by atoms with Gasteiger partial charge in [-0.25, -0.2) is 4.79 Å². The molecule has 10 amide bonds. The summed E-state index contributed by atoms with van der Waals surface area (Å²) in [6.45, 7) is 3.71. The molecule has 0 radical (unpaired) electrons. The van der Waals surface area contributed by atoms with Crippen LogP contribution in [0.2, 0.25) is 0 Å². The number of primary amides is 1. The molecule has 4 aliphatic rings. The molecule has 5 rings (SSSR count). The Bertz CT molecular complexity index is 1890. The fraction of sp³-hybridized carbons (Fsp3) is 0.537. The number of hydrogen-bond donors (Lipinski definition) is 8. The highest BCUT2D eigenvalue weighted by atomic mass is 32.2. The lowest BCUT2D eigenvalue weighted by Gasteiger charge is -2.35. The van der Waals surface area contributed by atoms with Gasteiger partial charge in [0.15, 0.2) is 5.11 Å². The number of hydrogen-bond acceptors (Lipinski definition) is 13. The van der Waals surface area contributed by atoms with E-state index in [1.807, 2.05) is 11.8 Å². The highest BCUT2D eigenvalue weighted by Gasteiger charge is 2.42. The van der Waals surface area contributed by atoms with Crippen LogP contribution in [0.1, 0.15) is 45.4 Å². The number of nitrogens with two attached hydrogens (primary N) is 1. The van der Waals surface area contributed by atoms with Crippen molar-refractivity contribution >= 4 is 100 Å². The topological polar surface area (TPSA) is 294 Å². The number of benzene rings is 1. The molecule has 3 atom stereocenters. The third-order valence-corrected chi connectivity index (χ3v) is 12.0. The van der Waals surface area contributed by atoms with Crippen LogP contribution < -0.4 is 43.0 Å². The van der Waals surface area contributed by atoms with Crippen LogP contribution in [0.25, 0.3) is 0 Å². The molecule has 65 heavy (non-hydrogen) atoms. The molecule has 0 aliphatic carbocycles. The quantitative estimate of drug-likeness (QED) is 0.0121. The number of likely N-dealkylation sites (N-methyl/N-ethyl adjacent to an activating group) is 2. The van der Waals surface area contributed by atoms with E-state index in [1.165, 1.54) is 28.9 Å². The summed E-state index contributed by atoms with van der Waals surface area (Å²) in [5, 5.41) is 20.7. The van der Waals surface area contributed by atoms with Crippen molar-refractivity contribution in [3.8, 4) is 0 Å². The van der Waals surface area contributed by atoms with Crippen molar-refractivity contribution in [1.82, 2.24) is 46.2 Å². The van der Waals surface area contributed by atoms with E-state index in [4.69, 9.17) is 22.7 Å². The molecule has 3 saturated heterocycles. The fourth-order valence-corrected chi connectivity index (χ4v) is 8.47. The Labute approximate surface area is 387 Å². The number of piperazine rings is 1. The second-order valence-corrected chi connectivity index (χ2v) is 16.7. The number of aldehydes is 1. The molecule has 356 valence electrons. The molecule has 22 nitrogen and oxygen atoms in total. The first-order chi connectivity index (χ1) is 31.1. The van der Waals surface area contributed by atoms with Crippen molar-refractivity contribution < 1.29 is 47.9 Å². The van der Waals surface area contributed by atoms with E-state index >= 15 is 0 Å². The van der Waals surface area contributed by atoms with Crippen LogP contribution in [-0.2, 0) is 43.2 Å². The number of rotatable bonds is 18. The first kappa shape index (κ1) is 53.2. The summed E-state index contributed by atoms with van der Waals surface area (Å²) < 4.78 is 0. The SMILES string of the molecule is N[13C](=O)[13CH2][15NH]C(=O)CCCN1C(=O)C=CC1=O.[13CH3][13CH]=O.[13CH3][15NH][13CH2][13CH2][15N]([13CH3])C(=O)C(=O)[15N]1[13CH2][13CH2][15N](C(=O)CNC(=S)Nc2ccc(NC(=O)CCCC[C@@H]3SC[C@@H]4NC(=O)N[C@@H]43)cc2)[13CH2][13CH2]1. The highest BCUT2D eigenvalue weighted by Crippen LogP contribution is 2.33. The van der Waals surface area contributed by atoms with Crippen molar-refractivity contribution in [1.29, 1.82) is 0 Å². The van der Waals surface area contributed by atoms with Gasteiger partial charge in [0.1, 0.15) is 6.29 Å². The van der Waals surface area contributed by atoms with E-state index in [1.54, 1.807) is 43.3 Å². The Morgan fingerprint density at radius 2 is 1.46 bits per heavy atom. The Hall–Kier alpha value is -6.14. The second-order valence-electron chi connectivity index (χ2n) is 15.0. The van der Waals surface area contributed by atoms with E-state index in [0.717, 1.165) is 36.2 Å². The van der Waals surface area contributed by atoms with Crippen molar-refractivity contribution in [2.24, 2.45) is 5.73 Å². The summed E-state index contributed by atoms with van der Waals surface area (Å²) in [5.41, 5.74) is 6.23. The first-order valence-electron chi connectivity index (χ1n) is 21.1. The lowest BCUT2D eigenvalue weighted by molar-refractivity contribution is -0.152. The van der Waals surface area contributed by atoms with Crippen LogP contribution in [0.5, 0.6) is 0 Å². The minimum absolute atomic E-state index is 0.00813. The Morgan fingerprint density at radius 3 is 2.08 bits per heavy atom. The van der Waals surface area contributed by atoms with Gasteiger partial charge in [-0.15, -0.1) is 0 Å². The van der Waals surface area contributed by atoms with Gasteiger partial charge in [0.05, 0.1) is 25.2 Å². The van der Waals surface area contributed by atoms with Crippen molar-refractivity contribution in [3.05, 3.63) is 36.4 Å². The van der Waals surface area contributed by atoms with Gasteiger partial charge in [-0.1, -0.05) is 6.42 Å². The number of thiocarbonyl (C=S) groups is 1. The molecule has 0 saturated carbocycles.